The van der Waals surface area contributed by atoms with Crippen molar-refractivity contribution in [2.75, 3.05) is 26.9 Å². The molecule has 1 N–H and O–H groups in total. The minimum Gasteiger partial charge on any atom is -0.383 e. The van der Waals surface area contributed by atoms with Gasteiger partial charge in [0.25, 0.3) is 0 Å². The number of ether oxygens (including phenoxy) is 1. The number of benzene rings is 1. The Labute approximate surface area is 139 Å². The molecule has 3 atom stereocenters. The van der Waals surface area contributed by atoms with E-state index in [2.05, 4.69) is 12.2 Å². The van der Waals surface area contributed by atoms with E-state index in [4.69, 9.17) is 13.8 Å². The Kier molecular flexibility index (Phi) is 6.40. The normalized spacial score (nSPS) is 25.3. The van der Waals surface area contributed by atoms with Crippen molar-refractivity contribution in [1.29, 1.82) is 0 Å². The molecule has 0 bridgehead atoms. The lowest BCUT2D eigenvalue weighted by Gasteiger charge is -2.32. The van der Waals surface area contributed by atoms with E-state index in [1.165, 1.54) is 0 Å². The highest BCUT2D eigenvalue weighted by Gasteiger charge is 2.66. The van der Waals surface area contributed by atoms with Crippen LogP contribution < -0.4 is 5.32 Å². The largest absolute Gasteiger partial charge is 0.383 e. The Morgan fingerprint density at radius 2 is 1.83 bits per heavy atom. The molecule has 130 valence electrons. The maximum Gasteiger partial charge on any atom is 0.350 e. The molecule has 1 aromatic rings. The number of hydrogen-bond donors (Lipinski definition) is 1. The number of methoxy groups -OCH3 is 1. The van der Waals surface area contributed by atoms with E-state index in [9.17, 15) is 4.57 Å². The molecule has 1 saturated carbocycles. The molecule has 0 spiro atoms. The van der Waals surface area contributed by atoms with Crippen LogP contribution in [0.15, 0.2) is 30.3 Å². The SMILES string of the molecule is CCOP(=O)(OCC)[C@@]1(N[C@@H](COC)c2ccccc2)C[C@@H]1C. The summed E-state index contributed by atoms with van der Waals surface area (Å²) in [5.41, 5.74) is 1.10. The lowest BCUT2D eigenvalue weighted by atomic mass is 10.1. The van der Waals surface area contributed by atoms with Crippen LogP contribution in [0.2, 0.25) is 0 Å². The van der Waals surface area contributed by atoms with E-state index < -0.39 is 12.9 Å². The molecule has 23 heavy (non-hydrogen) atoms. The summed E-state index contributed by atoms with van der Waals surface area (Å²) >= 11 is 0. The van der Waals surface area contributed by atoms with Crippen LogP contribution in [-0.2, 0) is 18.3 Å². The van der Waals surface area contributed by atoms with Gasteiger partial charge in [0.15, 0.2) is 0 Å². The van der Waals surface area contributed by atoms with Gasteiger partial charge in [-0.2, -0.15) is 0 Å². The fourth-order valence-electron chi connectivity index (χ4n) is 3.05. The van der Waals surface area contributed by atoms with Gasteiger partial charge in [0, 0.05) is 7.11 Å². The first-order valence-corrected chi connectivity index (χ1v) is 9.78. The zero-order valence-electron chi connectivity index (χ0n) is 14.5. The summed E-state index contributed by atoms with van der Waals surface area (Å²) in [4.78, 5) is 0. The van der Waals surface area contributed by atoms with Crippen molar-refractivity contribution in [2.45, 2.75) is 38.5 Å². The molecule has 0 amide bonds. The molecule has 1 aromatic carbocycles. The van der Waals surface area contributed by atoms with Gasteiger partial charge in [0.05, 0.1) is 25.9 Å². The number of hydrogen-bond acceptors (Lipinski definition) is 5. The maximum atomic E-state index is 13.3. The molecule has 0 radical (unpaired) electrons. The van der Waals surface area contributed by atoms with E-state index in [1.54, 1.807) is 7.11 Å². The number of nitrogens with one attached hydrogen (secondary N) is 1. The van der Waals surface area contributed by atoms with Crippen molar-refractivity contribution in [1.82, 2.24) is 5.32 Å². The van der Waals surface area contributed by atoms with Gasteiger partial charge < -0.3 is 13.8 Å². The molecule has 1 fully saturated rings. The third-order valence-corrected chi connectivity index (χ3v) is 7.24. The molecule has 0 heterocycles. The fourth-order valence-corrected chi connectivity index (χ4v) is 5.62. The van der Waals surface area contributed by atoms with E-state index in [-0.39, 0.29) is 12.0 Å². The topological polar surface area (TPSA) is 56.8 Å². The monoisotopic (exact) mass is 341 g/mol. The van der Waals surface area contributed by atoms with Crippen molar-refractivity contribution in [3.05, 3.63) is 35.9 Å². The summed E-state index contributed by atoms with van der Waals surface area (Å²) in [6.07, 6.45) is 0.775. The summed E-state index contributed by atoms with van der Waals surface area (Å²) in [5.74, 6) is 0.231. The minimum absolute atomic E-state index is 0.0552. The first kappa shape index (κ1) is 18.6. The highest BCUT2D eigenvalue weighted by Crippen LogP contribution is 2.72. The Balaban J connectivity index is 2.27. The third-order valence-electron chi connectivity index (χ3n) is 4.32. The van der Waals surface area contributed by atoms with Crippen LogP contribution in [0.25, 0.3) is 0 Å². The van der Waals surface area contributed by atoms with Crippen LogP contribution in [0.4, 0.5) is 0 Å². The molecule has 0 aliphatic heterocycles. The van der Waals surface area contributed by atoms with Crippen LogP contribution >= 0.6 is 7.60 Å². The second kappa shape index (κ2) is 7.91. The van der Waals surface area contributed by atoms with Crippen molar-refractivity contribution in [3.8, 4) is 0 Å². The van der Waals surface area contributed by atoms with Crippen molar-refractivity contribution < 1.29 is 18.3 Å². The second-order valence-corrected chi connectivity index (χ2v) is 8.23. The summed E-state index contributed by atoms with van der Waals surface area (Å²) in [7, 11) is -1.56. The fraction of sp³-hybridized carbons (Fsp3) is 0.647. The minimum atomic E-state index is -3.23. The summed E-state index contributed by atoms with van der Waals surface area (Å²) < 4.78 is 29.9. The predicted molar refractivity (Wildman–Crippen MR) is 91.6 cm³/mol. The molecular formula is C17H28NO4P. The van der Waals surface area contributed by atoms with E-state index in [0.29, 0.717) is 19.8 Å². The molecule has 1 aliphatic carbocycles. The third kappa shape index (κ3) is 3.86. The van der Waals surface area contributed by atoms with Crippen LogP contribution in [0.5, 0.6) is 0 Å². The quantitative estimate of drug-likeness (QED) is 0.653. The molecule has 0 aromatic heterocycles. The summed E-state index contributed by atoms with van der Waals surface area (Å²) in [6, 6.07) is 10.0. The standard InChI is InChI=1S/C17H28NO4P/c1-5-21-23(19,22-6-2)17(12-14(17)3)18-16(13-20-4)15-10-8-7-9-11-15/h7-11,14,16,18H,5-6,12-13H2,1-4H3/t14-,16-,17-/m0/s1. The lowest BCUT2D eigenvalue weighted by Crippen LogP contribution is -2.39. The van der Waals surface area contributed by atoms with Crippen molar-refractivity contribution in [2.24, 2.45) is 5.92 Å². The van der Waals surface area contributed by atoms with E-state index in [1.807, 2.05) is 44.2 Å². The lowest BCUT2D eigenvalue weighted by molar-refractivity contribution is 0.153. The molecule has 1 aliphatic rings. The average molecular weight is 341 g/mol. The van der Waals surface area contributed by atoms with Gasteiger partial charge in [0.2, 0.25) is 0 Å². The Morgan fingerprint density at radius 3 is 2.26 bits per heavy atom. The molecular weight excluding hydrogens is 313 g/mol. The Bertz CT molecular complexity index is 529. The Morgan fingerprint density at radius 1 is 1.26 bits per heavy atom. The van der Waals surface area contributed by atoms with Gasteiger partial charge in [-0.1, -0.05) is 37.3 Å². The summed E-state index contributed by atoms with van der Waals surface area (Å²) in [5, 5.41) is 2.92. The maximum absolute atomic E-state index is 13.3. The average Bonchev–Trinajstić information content (AvgIpc) is 3.20. The smallest absolute Gasteiger partial charge is 0.350 e. The van der Waals surface area contributed by atoms with Gasteiger partial charge in [-0.3, -0.25) is 9.88 Å². The van der Waals surface area contributed by atoms with E-state index >= 15 is 0 Å². The van der Waals surface area contributed by atoms with Gasteiger partial charge in [-0.25, -0.2) is 0 Å². The van der Waals surface area contributed by atoms with Crippen LogP contribution in [0.1, 0.15) is 38.8 Å². The predicted octanol–water partition coefficient (Wildman–Crippen LogP) is 3.97. The van der Waals surface area contributed by atoms with E-state index in [0.717, 1.165) is 12.0 Å². The first-order valence-electron chi connectivity index (χ1n) is 8.23. The van der Waals surface area contributed by atoms with Crippen molar-refractivity contribution in [3.63, 3.8) is 0 Å². The Hall–Kier alpha value is -0.710. The highest BCUT2D eigenvalue weighted by atomic mass is 31.2. The van der Waals surface area contributed by atoms with Gasteiger partial charge >= 0.3 is 7.60 Å². The van der Waals surface area contributed by atoms with Gasteiger partial charge in [0.1, 0.15) is 5.28 Å². The van der Waals surface area contributed by atoms with Crippen molar-refractivity contribution >= 4 is 7.60 Å². The molecule has 0 unspecified atom stereocenters. The molecule has 5 nitrogen and oxygen atoms in total. The van der Waals surface area contributed by atoms with Gasteiger partial charge in [-0.05, 0) is 31.7 Å². The number of rotatable bonds is 10. The molecule has 0 saturated heterocycles. The molecule has 2 rings (SSSR count). The zero-order valence-corrected chi connectivity index (χ0v) is 15.3. The highest BCUT2D eigenvalue weighted by molar-refractivity contribution is 7.56. The zero-order chi connectivity index (χ0) is 16.9. The van der Waals surface area contributed by atoms with Crippen LogP contribution in [0, 0.1) is 5.92 Å². The summed E-state index contributed by atoms with van der Waals surface area (Å²) in [6.45, 7) is 7.00. The molecule has 6 heteroatoms. The first-order chi connectivity index (χ1) is 11.0. The van der Waals surface area contributed by atoms with Gasteiger partial charge in [-0.15, -0.1) is 0 Å². The van der Waals surface area contributed by atoms with Crippen LogP contribution in [0.3, 0.4) is 0 Å². The second-order valence-electron chi connectivity index (χ2n) is 5.93. The van der Waals surface area contributed by atoms with Crippen LogP contribution in [-0.4, -0.2) is 32.2 Å².